The molecule has 1 aliphatic carbocycles. The smallest absolute Gasteiger partial charge is 0.304 e. The summed E-state index contributed by atoms with van der Waals surface area (Å²) in [6, 6.07) is 0.848. The Morgan fingerprint density at radius 2 is 2.36 bits per heavy atom. The van der Waals surface area contributed by atoms with E-state index >= 15 is 0 Å². The molecule has 2 rings (SSSR count). The monoisotopic (exact) mass is 169 g/mol. The molecular formula is C8H17N2Si+. The summed E-state index contributed by atoms with van der Waals surface area (Å²) in [7, 11) is 4.52. The van der Waals surface area contributed by atoms with Crippen LogP contribution in [0, 0.1) is 0 Å². The zero-order valence-corrected chi connectivity index (χ0v) is 8.92. The fraction of sp³-hybridized carbons (Fsp3) is 0.875. The van der Waals surface area contributed by atoms with E-state index in [9.17, 15) is 0 Å². The van der Waals surface area contributed by atoms with Gasteiger partial charge in [0.1, 0.15) is 12.8 Å². The van der Waals surface area contributed by atoms with Crippen LogP contribution in [-0.2, 0) is 0 Å². The van der Waals surface area contributed by atoms with E-state index in [1.807, 2.05) is 0 Å². The van der Waals surface area contributed by atoms with E-state index in [-0.39, 0.29) is 9.84 Å². The minimum atomic E-state index is -0.0552. The molecule has 1 heterocycles. The van der Waals surface area contributed by atoms with Crippen molar-refractivity contribution in [3.8, 4) is 0 Å². The molecule has 0 N–H and O–H groups in total. The first-order chi connectivity index (χ1) is 5.29. The van der Waals surface area contributed by atoms with Crippen molar-refractivity contribution in [3.63, 3.8) is 0 Å². The quantitative estimate of drug-likeness (QED) is 0.461. The summed E-state index contributed by atoms with van der Waals surface area (Å²) < 4.78 is 5.16. The summed E-state index contributed by atoms with van der Waals surface area (Å²) in [4.78, 5) is 0. The van der Waals surface area contributed by atoms with E-state index in [0.29, 0.717) is 0 Å². The van der Waals surface area contributed by atoms with Gasteiger partial charge in [0.15, 0.2) is 0 Å². The molecule has 1 aliphatic heterocycles. The SMILES string of the molecule is CN1[SiH2][N+](C)=C2CCCCC21. The lowest BCUT2D eigenvalue weighted by Gasteiger charge is -2.20. The first-order valence-electron chi connectivity index (χ1n) is 4.56. The topological polar surface area (TPSA) is 6.25 Å². The highest BCUT2D eigenvalue weighted by Crippen LogP contribution is 2.22. The van der Waals surface area contributed by atoms with Crippen LogP contribution in [0.4, 0.5) is 0 Å². The maximum Gasteiger partial charge on any atom is 0.412 e. The second-order valence-corrected chi connectivity index (χ2v) is 6.08. The molecule has 2 nitrogen and oxygen atoms in total. The van der Waals surface area contributed by atoms with E-state index < -0.39 is 0 Å². The molecule has 1 unspecified atom stereocenters. The molecule has 1 saturated carbocycles. The number of hydrogen-bond donors (Lipinski definition) is 0. The largest absolute Gasteiger partial charge is 0.412 e. The van der Waals surface area contributed by atoms with Gasteiger partial charge in [-0.1, -0.05) is 6.42 Å². The lowest BCUT2D eigenvalue weighted by Crippen LogP contribution is -2.35. The van der Waals surface area contributed by atoms with Gasteiger partial charge in [-0.3, -0.25) is 4.57 Å². The van der Waals surface area contributed by atoms with Crippen LogP contribution in [0.15, 0.2) is 0 Å². The Labute approximate surface area is 70.9 Å². The van der Waals surface area contributed by atoms with Crippen LogP contribution in [0.3, 0.4) is 0 Å². The van der Waals surface area contributed by atoms with Gasteiger partial charge >= 0.3 is 9.84 Å². The highest BCUT2D eigenvalue weighted by atomic mass is 28.2. The van der Waals surface area contributed by atoms with E-state index in [2.05, 4.69) is 22.9 Å². The molecule has 62 valence electrons. The van der Waals surface area contributed by atoms with Crippen molar-refractivity contribution in [1.29, 1.82) is 0 Å². The first-order valence-corrected chi connectivity index (χ1v) is 5.82. The zero-order chi connectivity index (χ0) is 7.84. The van der Waals surface area contributed by atoms with Gasteiger partial charge in [-0.2, -0.15) is 0 Å². The van der Waals surface area contributed by atoms with Crippen molar-refractivity contribution in [1.82, 2.24) is 4.57 Å². The van der Waals surface area contributed by atoms with Gasteiger partial charge in [-0.05, 0) is 19.9 Å². The van der Waals surface area contributed by atoms with E-state index in [1.54, 1.807) is 5.71 Å². The van der Waals surface area contributed by atoms with Gasteiger partial charge < -0.3 is 4.24 Å². The van der Waals surface area contributed by atoms with Crippen LogP contribution in [-0.4, -0.2) is 44.5 Å². The third-order valence-corrected chi connectivity index (χ3v) is 4.72. The maximum atomic E-state index is 2.61. The van der Waals surface area contributed by atoms with Gasteiger partial charge in [0.2, 0.25) is 0 Å². The minimum absolute atomic E-state index is 0.0552. The lowest BCUT2D eigenvalue weighted by molar-refractivity contribution is -0.344. The minimum Gasteiger partial charge on any atom is -0.304 e. The fourth-order valence-corrected chi connectivity index (χ4v) is 4.23. The summed E-state index contributed by atoms with van der Waals surface area (Å²) in [5.74, 6) is 0. The Bertz CT molecular complexity index is 200. The van der Waals surface area contributed by atoms with Crippen molar-refractivity contribution >= 4 is 15.6 Å². The average Bonchev–Trinajstić information content (AvgIpc) is 2.30. The molecule has 1 atom stereocenters. The Kier molecular flexibility index (Phi) is 1.85. The molecule has 0 aromatic rings. The van der Waals surface area contributed by atoms with Crippen LogP contribution in [0.2, 0.25) is 0 Å². The molecule has 3 heteroatoms. The van der Waals surface area contributed by atoms with E-state index in [0.717, 1.165) is 6.04 Å². The van der Waals surface area contributed by atoms with E-state index in [4.69, 9.17) is 0 Å². The lowest BCUT2D eigenvalue weighted by atomic mass is 9.93. The van der Waals surface area contributed by atoms with Crippen LogP contribution in [0.5, 0.6) is 0 Å². The normalized spacial score (nSPS) is 34.9. The highest BCUT2D eigenvalue weighted by Gasteiger charge is 2.36. The Balaban J connectivity index is 2.21. The number of rotatable bonds is 0. The summed E-state index contributed by atoms with van der Waals surface area (Å²) >= 11 is 0. The Morgan fingerprint density at radius 3 is 3.09 bits per heavy atom. The Morgan fingerprint density at radius 1 is 1.55 bits per heavy atom. The summed E-state index contributed by atoms with van der Waals surface area (Å²) in [5, 5.41) is 0. The van der Waals surface area contributed by atoms with Gasteiger partial charge in [0, 0.05) is 6.42 Å². The molecule has 0 amide bonds. The fourth-order valence-electron chi connectivity index (χ4n) is 2.42. The molecule has 0 aromatic heterocycles. The third kappa shape index (κ3) is 1.16. The standard InChI is InChI=1S/C8H17N2Si/c1-9-7-5-3-4-6-8(7)10(2)11-9/h7H,3-6,11H2,1-2H3/q+1. The Hall–Kier alpha value is -0.153. The molecular weight excluding hydrogens is 152 g/mol. The number of hydrogen-bond acceptors (Lipinski definition) is 1. The summed E-state index contributed by atoms with van der Waals surface area (Å²) in [5.41, 5.74) is 1.74. The molecule has 0 radical (unpaired) electrons. The number of nitrogens with zero attached hydrogens (tertiary/aromatic N) is 2. The molecule has 0 aromatic carbocycles. The van der Waals surface area contributed by atoms with Gasteiger partial charge in [-0.15, -0.1) is 0 Å². The average molecular weight is 169 g/mol. The second-order valence-electron chi connectivity index (χ2n) is 3.85. The molecule has 11 heavy (non-hydrogen) atoms. The second kappa shape index (κ2) is 2.72. The molecule has 0 bridgehead atoms. The highest BCUT2D eigenvalue weighted by molar-refractivity contribution is 6.27. The molecule has 0 spiro atoms. The predicted molar refractivity (Wildman–Crippen MR) is 49.8 cm³/mol. The third-order valence-electron chi connectivity index (χ3n) is 3.00. The van der Waals surface area contributed by atoms with Crippen LogP contribution >= 0.6 is 0 Å². The van der Waals surface area contributed by atoms with Crippen LogP contribution < -0.4 is 0 Å². The zero-order valence-electron chi connectivity index (χ0n) is 7.51. The number of fused-ring (bicyclic) bond motifs is 1. The van der Waals surface area contributed by atoms with Gasteiger partial charge in [-0.25, -0.2) is 0 Å². The van der Waals surface area contributed by atoms with Crippen molar-refractivity contribution in [2.75, 3.05) is 14.1 Å². The van der Waals surface area contributed by atoms with Gasteiger partial charge in [0.05, 0.1) is 6.04 Å². The summed E-state index contributed by atoms with van der Waals surface area (Å²) in [6.45, 7) is 0. The first kappa shape index (κ1) is 7.49. The van der Waals surface area contributed by atoms with Gasteiger partial charge in [0.25, 0.3) is 0 Å². The van der Waals surface area contributed by atoms with Crippen molar-refractivity contribution in [2.24, 2.45) is 0 Å². The van der Waals surface area contributed by atoms with Crippen LogP contribution in [0.25, 0.3) is 0 Å². The molecule has 1 fully saturated rings. The van der Waals surface area contributed by atoms with Crippen molar-refractivity contribution in [3.05, 3.63) is 0 Å². The van der Waals surface area contributed by atoms with Crippen molar-refractivity contribution < 1.29 is 4.24 Å². The van der Waals surface area contributed by atoms with Crippen LogP contribution in [0.1, 0.15) is 25.7 Å². The predicted octanol–water partition coefficient (Wildman–Crippen LogP) is -0.0435. The van der Waals surface area contributed by atoms with E-state index in [1.165, 1.54) is 25.7 Å². The molecule has 0 saturated heterocycles. The maximum absolute atomic E-state index is 2.61. The summed E-state index contributed by atoms with van der Waals surface area (Å²) in [6.07, 6.45) is 5.67. The molecule has 2 aliphatic rings. The van der Waals surface area contributed by atoms with Crippen molar-refractivity contribution in [2.45, 2.75) is 31.7 Å².